The Balaban J connectivity index is 2.05. The minimum Gasteiger partial charge on any atom is -0.384 e. The Morgan fingerprint density at radius 3 is 2.55 bits per heavy atom. The second-order valence-corrected chi connectivity index (χ2v) is 4.15. The van der Waals surface area contributed by atoms with Gasteiger partial charge in [0.2, 0.25) is 0 Å². The number of aliphatic hydroxyl groups is 1. The molecule has 1 heterocycles. The number of rotatable bonds is 5. The van der Waals surface area contributed by atoms with E-state index >= 15 is 0 Å². The normalized spacial score (nSPS) is 13.4. The summed E-state index contributed by atoms with van der Waals surface area (Å²) in [4.78, 5) is 0. The van der Waals surface area contributed by atoms with Crippen LogP contribution in [-0.4, -0.2) is 34.3 Å². The van der Waals surface area contributed by atoms with Crippen molar-refractivity contribution >= 4 is 0 Å². The van der Waals surface area contributed by atoms with E-state index in [0.29, 0.717) is 11.4 Å². The van der Waals surface area contributed by atoms with Gasteiger partial charge in [-0.3, -0.25) is 0 Å². The molecule has 1 aromatic carbocycles. The number of hydrogen-bond acceptors (Lipinski definition) is 3. The Kier molecular flexibility index (Phi) is 4.41. The summed E-state index contributed by atoms with van der Waals surface area (Å²) in [6.07, 6.45) is -4.12. The largest absolute Gasteiger partial charge is 0.411 e. The first-order chi connectivity index (χ1) is 9.47. The monoisotopic (exact) mass is 286 g/mol. The maximum absolute atomic E-state index is 12.0. The van der Waals surface area contributed by atoms with E-state index in [0.717, 1.165) is 0 Å². The molecule has 108 valence electrons. The van der Waals surface area contributed by atoms with Crippen LogP contribution in [0.1, 0.15) is 11.8 Å². The Morgan fingerprint density at radius 1 is 1.20 bits per heavy atom. The quantitative estimate of drug-likeness (QED) is 0.918. The molecule has 1 N–H and O–H groups in total. The molecular formula is C13H13F3N2O2. The van der Waals surface area contributed by atoms with E-state index in [9.17, 15) is 18.3 Å². The van der Waals surface area contributed by atoms with Gasteiger partial charge >= 0.3 is 6.18 Å². The van der Waals surface area contributed by atoms with Gasteiger partial charge in [0.1, 0.15) is 12.7 Å². The van der Waals surface area contributed by atoms with Crippen LogP contribution < -0.4 is 0 Å². The van der Waals surface area contributed by atoms with Crippen molar-refractivity contribution in [2.24, 2.45) is 0 Å². The van der Waals surface area contributed by atoms with Crippen LogP contribution in [0.3, 0.4) is 0 Å². The van der Waals surface area contributed by atoms with Crippen molar-refractivity contribution in [2.45, 2.75) is 12.3 Å². The second kappa shape index (κ2) is 6.06. The second-order valence-electron chi connectivity index (χ2n) is 4.15. The topological polar surface area (TPSA) is 47.3 Å². The molecule has 2 rings (SSSR count). The lowest BCUT2D eigenvalue weighted by Crippen LogP contribution is -2.20. The van der Waals surface area contributed by atoms with E-state index in [1.165, 1.54) is 16.9 Å². The zero-order valence-corrected chi connectivity index (χ0v) is 10.4. The number of para-hydroxylation sites is 1. The molecular weight excluding hydrogens is 273 g/mol. The summed E-state index contributed by atoms with van der Waals surface area (Å²) in [5.41, 5.74) is 1.08. The Bertz CT molecular complexity index is 540. The van der Waals surface area contributed by atoms with E-state index in [1.807, 2.05) is 6.07 Å². The van der Waals surface area contributed by atoms with Crippen LogP contribution in [0.15, 0.2) is 42.6 Å². The van der Waals surface area contributed by atoms with Crippen molar-refractivity contribution in [2.75, 3.05) is 13.2 Å². The van der Waals surface area contributed by atoms with Crippen LogP contribution in [0, 0.1) is 0 Å². The fraction of sp³-hybridized carbons (Fsp3) is 0.308. The van der Waals surface area contributed by atoms with Gasteiger partial charge in [0.05, 0.1) is 18.0 Å². The standard InChI is InChI=1S/C13H13F3N2O2/c14-13(15,16)9-20-8-12(19)11-6-7-17-18(11)10-4-2-1-3-5-10/h1-7,12,19H,8-9H2. The number of aromatic nitrogens is 2. The number of alkyl halides is 3. The molecule has 0 aliphatic heterocycles. The molecule has 2 aromatic rings. The molecule has 0 aliphatic carbocycles. The number of nitrogens with zero attached hydrogens (tertiary/aromatic N) is 2. The molecule has 0 radical (unpaired) electrons. The van der Waals surface area contributed by atoms with Crippen LogP contribution in [0.25, 0.3) is 5.69 Å². The molecule has 0 amide bonds. The molecule has 7 heteroatoms. The number of hydrogen-bond donors (Lipinski definition) is 1. The third-order valence-corrected chi connectivity index (χ3v) is 2.56. The van der Waals surface area contributed by atoms with E-state index in [-0.39, 0.29) is 0 Å². The lowest BCUT2D eigenvalue weighted by molar-refractivity contribution is -0.179. The van der Waals surface area contributed by atoms with E-state index in [2.05, 4.69) is 9.84 Å². The van der Waals surface area contributed by atoms with Gasteiger partial charge in [-0.1, -0.05) is 18.2 Å². The summed E-state index contributed by atoms with van der Waals surface area (Å²) in [5, 5.41) is 13.9. The van der Waals surface area contributed by atoms with Crippen molar-refractivity contribution in [3.8, 4) is 5.69 Å². The van der Waals surface area contributed by atoms with Gasteiger partial charge < -0.3 is 9.84 Å². The maximum atomic E-state index is 12.0. The van der Waals surface area contributed by atoms with Crippen LogP contribution >= 0.6 is 0 Å². The summed E-state index contributed by atoms with van der Waals surface area (Å²) >= 11 is 0. The minimum absolute atomic E-state index is 0.373. The van der Waals surface area contributed by atoms with Crippen LogP contribution in [0.5, 0.6) is 0 Å². The molecule has 0 saturated carbocycles. The fourth-order valence-electron chi connectivity index (χ4n) is 1.72. The molecule has 0 saturated heterocycles. The maximum Gasteiger partial charge on any atom is 0.411 e. The number of benzene rings is 1. The van der Waals surface area contributed by atoms with Crippen molar-refractivity contribution in [3.63, 3.8) is 0 Å². The lowest BCUT2D eigenvalue weighted by atomic mass is 10.2. The van der Waals surface area contributed by atoms with Crippen LogP contribution in [0.2, 0.25) is 0 Å². The fourth-order valence-corrected chi connectivity index (χ4v) is 1.72. The lowest BCUT2D eigenvalue weighted by Gasteiger charge is -2.14. The first-order valence-electron chi connectivity index (χ1n) is 5.89. The Morgan fingerprint density at radius 2 is 1.90 bits per heavy atom. The molecule has 4 nitrogen and oxygen atoms in total. The molecule has 0 spiro atoms. The van der Waals surface area contributed by atoms with Gasteiger partial charge in [0, 0.05) is 6.20 Å². The van der Waals surface area contributed by atoms with Crippen LogP contribution in [0.4, 0.5) is 13.2 Å². The summed E-state index contributed by atoms with van der Waals surface area (Å²) in [6.45, 7) is -1.83. The Labute approximate surface area is 113 Å². The highest BCUT2D eigenvalue weighted by Gasteiger charge is 2.28. The van der Waals surface area contributed by atoms with E-state index in [4.69, 9.17) is 0 Å². The number of ether oxygens (including phenoxy) is 1. The molecule has 1 unspecified atom stereocenters. The SMILES string of the molecule is OC(COCC(F)(F)F)c1ccnn1-c1ccccc1. The smallest absolute Gasteiger partial charge is 0.384 e. The third kappa shape index (κ3) is 3.82. The molecule has 0 bridgehead atoms. The highest BCUT2D eigenvalue weighted by Crippen LogP contribution is 2.19. The third-order valence-electron chi connectivity index (χ3n) is 2.56. The van der Waals surface area contributed by atoms with Crippen molar-refractivity contribution in [3.05, 3.63) is 48.3 Å². The van der Waals surface area contributed by atoms with Gasteiger partial charge in [-0.2, -0.15) is 18.3 Å². The zero-order valence-electron chi connectivity index (χ0n) is 10.4. The van der Waals surface area contributed by atoms with Crippen LogP contribution in [-0.2, 0) is 4.74 Å². The number of aliphatic hydroxyl groups excluding tert-OH is 1. The van der Waals surface area contributed by atoms with Crippen molar-refractivity contribution in [1.29, 1.82) is 0 Å². The summed E-state index contributed by atoms with van der Waals surface area (Å²) in [6, 6.07) is 10.5. The van der Waals surface area contributed by atoms with Gasteiger partial charge in [-0.15, -0.1) is 0 Å². The highest BCUT2D eigenvalue weighted by molar-refractivity contribution is 5.32. The molecule has 1 atom stereocenters. The molecule has 0 aliphatic rings. The summed E-state index contributed by atoms with van der Waals surface area (Å²) in [7, 11) is 0. The molecule has 1 aromatic heterocycles. The number of halogens is 3. The van der Waals surface area contributed by atoms with Gasteiger partial charge in [0.25, 0.3) is 0 Å². The average Bonchev–Trinajstić information content (AvgIpc) is 2.87. The molecule has 0 fully saturated rings. The average molecular weight is 286 g/mol. The summed E-state index contributed by atoms with van der Waals surface area (Å²) in [5.74, 6) is 0. The zero-order chi connectivity index (χ0) is 14.6. The predicted octanol–water partition coefficient (Wildman–Crippen LogP) is 2.48. The Hall–Kier alpha value is -1.86. The summed E-state index contributed by atoms with van der Waals surface area (Å²) < 4.78 is 41.8. The molecule has 20 heavy (non-hydrogen) atoms. The predicted molar refractivity (Wildman–Crippen MR) is 65.4 cm³/mol. The van der Waals surface area contributed by atoms with E-state index in [1.54, 1.807) is 24.3 Å². The van der Waals surface area contributed by atoms with E-state index < -0.39 is 25.5 Å². The first kappa shape index (κ1) is 14.5. The van der Waals surface area contributed by atoms with Crippen molar-refractivity contribution in [1.82, 2.24) is 9.78 Å². The van der Waals surface area contributed by atoms with Gasteiger partial charge in [-0.25, -0.2) is 4.68 Å². The van der Waals surface area contributed by atoms with Gasteiger partial charge in [0.15, 0.2) is 0 Å². The highest BCUT2D eigenvalue weighted by atomic mass is 19.4. The first-order valence-corrected chi connectivity index (χ1v) is 5.89. The minimum atomic E-state index is -4.40. The van der Waals surface area contributed by atoms with Crippen molar-refractivity contribution < 1.29 is 23.0 Å². The van der Waals surface area contributed by atoms with Gasteiger partial charge in [-0.05, 0) is 18.2 Å².